The molecule has 128 heavy (non-hydrogen) atoms. The molecule has 45 heteroatoms. The molecule has 18 rings (SSSR count). The van der Waals surface area contributed by atoms with E-state index in [2.05, 4.69) is 92.7 Å². The maximum Gasteiger partial charge on any atom is 0.337 e. The van der Waals surface area contributed by atoms with Crippen LogP contribution >= 0.6 is 11.6 Å². The van der Waals surface area contributed by atoms with E-state index in [1.807, 2.05) is 78.9 Å². The summed E-state index contributed by atoms with van der Waals surface area (Å²) in [7, 11) is 0. The van der Waals surface area contributed by atoms with Gasteiger partial charge in [-0.3, -0.25) is 44.0 Å². The summed E-state index contributed by atoms with van der Waals surface area (Å²) in [6.07, 6.45) is -3.36. The van der Waals surface area contributed by atoms with Gasteiger partial charge in [-0.1, -0.05) is 127 Å². The highest BCUT2D eigenvalue weighted by molar-refractivity contribution is 6.34. The summed E-state index contributed by atoms with van der Waals surface area (Å²) in [5, 5.41) is 51.7. The number of imidazole rings is 3. The van der Waals surface area contributed by atoms with Crippen LogP contribution in [0.15, 0.2) is 190 Å². The Morgan fingerprint density at radius 2 is 0.711 bits per heavy atom. The van der Waals surface area contributed by atoms with Crippen molar-refractivity contribution in [1.29, 1.82) is 0 Å². The second-order valence-corrected chi connectivity index (χ2v) is 28.9. The molecular weight excluding hydrogens is 1700 g/mol. The number of carbonyl (C=O) groups is 9. The molecular formula is C83H74ClF2N21O21. The van der Waals surface area contributed by atoms with Gasteiger partial charge in [0.15, 0.2) is 107 Å². The van der Waals surface area contributed by atoms with Gasteiger partial charge >= 0.3 is 36.0 Å². The molecule has 12 N–H and O–H groups in total. The molecule has 0 spiro atoms. The van der Waals surface area contributed by atoms with Crippen molar-refractivity contribution < 1.29 is 110 Å². The Morgan fingerprint density at radius 3 is 1.09 bits per heavy atom. The first-order valence-corrected chi connectivity index (χ1v) is 39.8. The number of urea groups is 3. The Kier molecular flexibility index (Phi) is 25.7. The van der Waals surface area contributed by atoms with Crippen molar-refractivity contribution in [2.24, 2.45) is 0 Å². The Bertz CT molecular complexity index is 6020. The molecule has 42 nitrogen and oxygen atoms in total. The van der Waals surface area contributed by atoms with Crippen LogP contribution in [-0.2, 0) is 57.0 Å². The lowest BCUT2D eigenvalue weighted by Crippen LogP contribution is -2.38. The third kappa shape index (κ3) is 17.9. The van der Waals surface area contributed by atoms with Gasteiger partial charge in [-0.05, 0) is 68.8 Å². The average molecular weight is 1780 g/mol. The third-order valence-electron chi connectivity index (χ3n) is 20.5. The van der Waals surface area contributed by atoms with Crippen LogP contribution in [0.1, 0.15) is 99.8 Å². The number of carboxylic acid groups (broad SMARTS) is 3. The van der Waals surface area contributed by atoms with Crippen LogP contribution in [0.5, 0.6) is 0 Å². The molecule has 6 aromatic heterocycles. The van der Waals surface area contributed by atoms with Gasteiger partial charge in [0.2, 0.25) is 0 Å². The van der Waals surface area contributed by atoms with E-state index in [0.29, 0.717) is 30.8 Å². The summed E-state index contributed by atoms with van der Waals surface area (Å²) in [6.45, 7) is 6.53. The highest BCUT2D eigenvalue weighted by atomic mass is 35.5. The average Bonchev–Trinajstić information content (AvgIpc) is 1.59. The number of rotatable bonds is 22. The number of nitrogens with one attached hydrogen (secondary N) is 9. The van der Waals surface area contributed by atoms with Crippen molar-refractivity contribution in [3.63, 3.8) is 0 Å². The molecule has 12 heterocycles. The molecule has 12 unspecified atom stereocenters. The fourth-order valence-corrected chi connectivity index (χ4v) is 15.1. The number of ether oxygens (including phenoxy) is 9. The first-order chi connectivity index (χ1) is 62.0. The zero-order chi connectivity index (χ0) is 89.6. The normalized spacial score (nSPS) is 22.8. The number of hydrogen-bond donors (Lipinski definition) is 12. The minimum Gasteiger partial charge on any atom is -0.478 e. The number of halogens is 3. The molecule has 6 aliphatic heterocycles. The number of benzene rings is 6. The lowest BCUT2D eigenvalue weighted by Gasteiger charge is -2.21. The fraction of sp³-hybridized carbons (Fsp3) is 0.253. The van der Waals surface area contributed by atoms with E-state index in [1.54, 1.807) is 49.6 Å². The number of nitrogens with zero attached hydrogens (tertiary/aromatic N) is 12. The third-order valence-corrected chi connectivity index (χ3v) is 20.8. The molecule has 6 aromatic carbocycles. The van der Waals surface area contributed by atoms with Crippen LogP contribution in [0.4, 0.5) is 57.7 Å². The first-order valence-electron chi connectivity index (χ1n) is 39.4. The second kappa shape index (κ2) is 37.9. The van der Waals surface area contributed by atoms with Crippen LogP contribution in [0, 0.1) is 11.6 Å². The number of para-hydroxylation sites is 3. The predicted molar refractivity (Wildman–Crippen MR) is 444 cm³/mol. The Balaban J connectivity index is 0.000000141. The number of aromatic nitrogens is 12. The van der Waals surface area contributed by atoms with Gasteiger partial charge in [-0.15, -0.1) is 0 Å². The minimum absolute atomic E-state index is 0.0459. The SMILES string of the molecule is CCNC(=O)Nc1ncnc2c1ncn2C1OC(C(=O)Nc2c(Cl)cccc2C(=O)O)C2O[C@H](c3ccccc3)OC21.CCNC(=O)Nc1ncnc2c1ncn2C1OC(C(=O)Nc2c(F)cccc2C(=O)O)C2O[C@H](/C=C/c3ccccc3)OC21.CCNC(=O)Nc1ncnc2c1ncn2C1OC(C(=O)Nc2c(F)cccc2C(=O)O)C2O[C@H](c3ccccc3)OC21. The maximum atomic E-state index is 14.7. The summed E-state index contributed by atoms with van der Waals surface area (Å²) in [6, 6.07) is 37.4. The largest absolute Gasteiger partial charge is 0.478 e. The van der Waals surface area contributed by atoms with Gasteiger partial charge in [0.1, 0.15) is 67.2 Å². The van der Waals surface area contributed by atoms with Gasteiger partial charge in [0.05, 0.1) is 57.8 Å². The summed E-state index contributed by atoms with van der Waals surface area (Å²) in [4.78, 5) is 151. The van der Waals surface area contributed by atoms with E-state index in [0.717, 1.165) is 23.3 Å². The molecule has 12 aromatic rings. The van der Waals surface area contributed by atoms with Crippen LogP contribution in [-0.4, -0.2) is 208 Å². The van der Waals surface area contributed by atoms with E-state index in [9.17, 15) is 67.3 Å². The number of amides is 9. The number of fused-ring (bicyclic) bond motifs is 6. The summed E-state index contributed by atoms with van der Waals surface area (Å²) in [5.41, 5.74) is 1.86. The smallest absolute Gasteiger partial charge is 0.337 e. The Morgan fingerprint density at radius 1 is 0.383 bits per heavy atom. The van der Waals surface area contributed by atoms with Gasteiger partial charge in [-0.25, -0.2) is 82.4 Å². The Labute approximate surface area is 725 Å². The van der Waals surface area contributed by atoms with Crippen molar-refractivity contribution in [2.45, 2.75) is 113 Å². The second-order valence-electron chi connectivity index (χ2n) is 28.5. The molecule has 6 fully saturated rings. The van der Waals surface area contributed by atoms with Crippen molar-refractivity contribution in [1.82, 2.24) is 74.5 Å². The molecule has 658 valence electrons. The lowest BCUT2D eigenvalue weighted by molar-refractivity contribution is -0.158. The fourth-order valence-electron chi connectivity index (χ4n) is 14.9. The van der Waals surface area contributed by atoms with Gasteiger partial charge < -0.3 is 89.9 Å². The topological polar surface area (TPSA) is 536 Å². The molecule has 15 atom stereocenters. The zero-order valence-electron chi connectivity index (χ0n) is 66.9. The number of carboxylic acids is 3. The van der Waals surface area contributed by atoms with Crippen molar-refractivity contribution in [3.05, 3.63) is 240 Å². The summed E-state index contributed by atoms with van der Waals surface area (Å²) in [5.74, 6) is -7.84. The quantitative estimate of drug-likeness (QED) is 0.0300. The minimum atomic E-state index is -1.42. The highest BCUT2D eigenvalue weighted by Gasteiger charge is 2.60. The molecule has 6 saturated heterocycles. The molecule has 0 bridgehead atoms. The Hall–Kier alpha value is -14.9. The van der Waals surface area contributed by atoms with Crippen LogP contribution in [0.3, 0.4) is 0 Å². The van der Waals surface area contributed by atoms with E-state index >= 15 is 0 Å². The van der Waals surface area contributed by atoms with E-state index in [4.69, 9.17) is 54.2 Å². The predicted octanol–water partition coefficient (Wildman–Crippen LogP) is 9.33. The maximum absolute atomic E-state index is 14.7. The van der Waals surface area contributed by atoms with Crippen molar-refractivity contribution in [2.75, 3.05) is 51.5 Å². The summed E-state index contributed by atoms with van der Waals surface area (Å²) < 4.78 is 89.5. The molecule has 0 saturated carbocycles. The highest BCUT2D eigenvalue weighted by Crippen LogP contribution is 2.49. The van der Waals surface area contributed by atoms with Gasteiger partial charge in [0.25, 0.3) is 17.7 Å². The van der Waals surface area contributed by atoms with E-state index < -0.39 is 180 Å². The van der Waals surface area contributed by atoms with Gasteiger partial charge in [0, 0.05) is 30.8 Å². The van der Waals surface area contributed by atoms with Crippen LogP contribution in [0.25, 0.3) is 39.6 Å². The first kappa shape index (κ1) is 86.6. The van der Waals surface area contributed by atoms with E-state index in [-0.39, 0.29) is 61.6 Å². The van der Waals surface area contributed by atoms with Crippen molar-refractivity contribution in [3.8, 4) is 0 Å². The standard InChI is InChI=1S/C29H26FN7O7.C27H24ClN7O7.C27H24FN7O7/c1-2-31-29(41)36-24-20-25(33-13-32-24)37(14-34-20)27-23-21(42-18(43-23)12-11-15-7-4-3-5-8-15)22(44-27)26(38)35-19-16(28(39)40)9-6-10-17(19)30;2*1-2-29-27(39)34-21-17-22(31-11-30-21)35(12-32-17)24-20-18(41-26(42-20)13-7-4-3-5-8-13)19(40-24)23(36)33-16-14(25(37)38)9-6-10-15(16)28/h3-14,18,21-23,27H,2H2,1H3,(H,35,38)(H,39,40)(H2,31,32,33,36,41);2*3-12,18-20,24,26H,2H2,1H3,(H,33,36)(H,37,38)(H2,29,30,31,34,39)/b12-11+;;/t18-,21?,22?,23?,27?;2*18?,19?,20?,24?,26-/m000/s1. The molecule has 6 aliphatic rings. The number of carbonyl (C=O) groups excluding carboxylic acids is 6. The lowest BCUT2D eigenvalue weighted by atomic mass is 10.1. The van der Waals surface area contributed by atoms with Crippen LogP contribution < -0.4 is 47.9 Å². The van der Waals surface area contributed by atoms with Gasteiger partial charge in [-0.2, -0.15) is 0 Å². The molecule has 9 amide bonds. The number of hydrogen-bond acceptors (Lipinski definition) is 27. The molecule has 0 radical (unpaired) electrons. The number of aromatic carboxylic acids is 3. The summed E-state index contributed by atoms with van der Waals surface area (Å²) >= 11 is 6.25. The number of anilines is 6. The van der Waals surface area contributed by atoms with Crippen molar-refractivity contribution >= 4 is 139 Å². The molecule has 0 aliphatic carbocycles. The monoisotopic (exact) mass is 1770 g/mol. The zero-order valence-corrected chi connectivity index (χ0v) is 67.7. The van der Waals surface area contributed by atoms with E-state index in [1.165, 1.54) is 89.6 Å². The van der Waals surface area contributed by atoms with Crippen LogP contribution in [0.2, 0.25) is 5.02 Å².